The summed E-state index contributed by atoms with van der Waals surface area (Å²) in [6.45, 7) is 8.84. The van der Waals surface area contributed by atoms with E-state index in [9.17, 15) is 4.79 Å². The fraction of sp³-hybridized carbons (Fsp3) is 0.409. The van der Waals surface area contributed by atoms with Crippen molar-refractivity contribution in [3.05, 3.63) is 71.3 Å². The minimum Gasteiger partial charge on any atom is -0.340 e. The third-order valence-electron chi connectivity index (χ3n) is 5.06. The lowest BCUT2D eigenvalue weighted by Crippen LogP contribution is -2.48. The first kappa shape index (κ1) is 17.7. The fourth-order valence-electron chi connectivity index (χ4n) is 3.51. The summed E-state index contributed by atoms with van der Waals surface area (Å²) in [7, 11) is 0. The first-order chi connectivity index (χ1) is 12.1. The maximum Gasteiger partial charge on any atom is 0.223 e. The highest BCUT2D eigenvalue weighted by atomic mass is 16.2. The molecule has 2 aromatic carbocycles. The van der Waals surface area contributed by atoms with Gasteiger partial charge in [0.05, 0.1) is 0 Å². The van der Waals surface area contributed by atoms with Crippen LogP contribution in [-0.2, 0) is 11.3 Å². The number of rotatable bonds is 5. The van der Waals surface area contributed by atoms with E-state index in [1.165, 1.54) is 16.7 Å². The molecular weight excluding hydrogens is 308 g/mol. The molecule has 0 aliphatic carbocycles. The maximum atomic E-state index is 12.6. The summed E-state index contributed by atoms with van der Waals surface area (Å²) in [5.41, 5.74) is 3.91. The molecule has 2 aromatic rings. The van der Waals surface area contributed by atoms with Gasteiger partial charge in [-0.25, -0.2) is 0 Å². The highest BCUT2D eigenvalue weighted by molar-refractivity contribution is 5.77. The van der Waals surface area contributed by atoms with Crippen molar-refractivity contribution >= 4 is 5.91 Å². The van der Waals surface area contributed by atoms with Crippen molar-refractivity contribution in [2.75, 3.05) is 26.2 Å². The van der Waals surface area contributed by atoms with Crippen molar-refractivity contribution in [1.29, 1.82) is 0 Å². The number of carbonyl (C=O) groups excluding carboxylic acids is 1. The first-order valence-electron chi connectivity index (χ1n) is 9.22. The van der Waals surface area contributed by atoms with Gasteiger partial charge in [-0.05, 0) is 24.0 Å². The van der Waals surface area contributed by atoms with E-state index < -0.39 is 0 Å². The molecule has 1 saturated heterocycles. The molecule has 132 valence electrons. The molecule has 0 bridgehead atoms. The van der Waals surface area contributed by atoms with Gasteiger partial charge in [0.15, 0.2) is 0 Å². The van der Waals surface area contributed by atoms with Crippen molar-refractivity contribution < 1.29 is 4.79 Å². The number of benzene rings is 2. The van der Waals surface area contributed by atoms with Crippen LogP contribution in [0.25, 0.3) is 0 Å². The van der Waals surface area contributed by atoms with Crippen molar-refractivity contribution in [2.24, 2.45) is 0 Å². The standard InChI is InChI=1S/C22H28N2O/c1-18-7-6-8-20(15-18)17-23-11-13-24(14-12-23)22(25)16-19(2)21-9-4-3-5-10-21/h3-10,15,19H,11-14,16-17H2,1-2H3. The largest absolute Gasteiger partial charge is 0.340 e. The molecule has 1 atom stereocenters. The van der Waals surface area contributed by atoms with E-state index in [-0.39, 0.29) is 11.8 Å². The van der Waals surface area contributed by atoms with E-state index in [0.717, 1.165) is 32.7 Å². The highest BCUT2D eigenvalue weighted by Gasteiger charge is 2.22. The van der Waals surface area contributed by atoms with Gasteiger partial charge in [0.2, 0.25) is 5.91 Å². The molecule has 1 amide bonds. The summed E-state index contributed by atoms with van der Waals surface area (Å²) in [5.74, 6) is 0.561. The van der Waals surface area contributed by atoms with Crippen LogP contribution in [0.1, 0.15) is 36.0 Å². The number of carbonyl (C=O) groups is 1. The SMILES string of the molecule is Cc1cccc(CN2CCN(C(=O)CC(C)c3ccccc3)CC2)c1. The van der Waals surface area contributed by atoms with Crippen LogP contribution in [0.4, 0.5) is 0 Å². The number of hydrogen-bond donors (Lipinski definition) is 0. The molecule has 3 heteroatoms. The summed E-state index contributed by atoms with van der Waals surface area (Å²) in [4.78, 5) is 17.1. The lowest BCUT2D eigenvalue weighted by molar-refractivity contribution is -0.133. The van der Waals surface area contributed by atoms with Crippen molar-refractivity contribution in [1.82, 2.24) is 9.80 Å². The molecule has 1 heterocycles. The molecule has 1 aliphatic heterocycles. The van der Waals surface area contributed by atoms with Gasteiger partial charge in [0.1, 0.15) is 0 Å². The van der Waals surface area contributed by atoms with Gasteiger partial charge in [-0.15, -0.1) is 0 Å². The van der Waals surface area contributed by atoms with Crippen LogP contribution in [0, 0.1) is 6.92 Å². The minimum absolute atomic E-state index is 0.277. The van der Waals surface area contributed by atoms with E-state index in [0.29, 0.717) is 6.42 Å². The highest BCUT2D eigenvalue weighted by Crippen LogP contribution is 2.20. The average molecular weight is 336 g/mol. The minimum atomic E-state index is 0.277. The topological polar surface area (TPSA) is 23.6 Å². The van der Waals surface area contributed by atoms with E-state index in [1.54, 1.807) is 0 Å². The summed E-state index contributed by atoms with van der Waals surface area (Å²) >= 11 is 0. The lowest BCUT2D eigenvalue weighted by atomic mass is 9.97. The predicted molar refractivity (Wildman–Crippen MR) is 103 cm³/mol. The van der Waals surface area contributed by atoms with Crippen LogP contribution in [0.2, 0.25) is 0 Å². The Kier molecular flexibility index (Phi) is 5.87. The Hall–Kier alpha value is -2.13. The third-order valence-corrected chi connectivity index (χ3v) is 5.06. The molecule has 0 saturated carbocycles. The molecule has 3 rings (SSSR count). The number of nitrogens with zero attached hydrogens (tertiary/aromatic N) is 2. The summed E-state index contributed by atoms with van der Waals surface area (Å²) < 4.78 is 0. The van der Waals surface area contributed by atoms with Gasteiger partial charge in [0.25, 0.3) is 0 Å². The van der Waals surface area contributed by atoms with Crippen LogP contribution in [0.3, 0.4) is 0 Å². The third kappa shape index (κ3) is 4.93. The van der Waals surface area contributed by atoms with Crippen molar-refractivity contribution in [3.8, 4) is 0 Å². The lowest BCUT2D eigenvalue weighted by Gasteiger charge is -2.35. The van der Waals surface area contributed by atoms with Gasteiger partial charge in [-0.3, -0.25) is 9.69 Å². The molecule has 1 unspecified atom stereocenters. The Morgan fingerprint density at radius 3 is 2.40 bits per heavy atom. The van der Waals surface area contributed by atoms with Gasteiger partial charge in [-0.2, -0.15) is 0 Å². The van der Waals surface area contributed by atoms with Gasteiger partial charge in [-0.1, -0.05) is 67.1 Å². The summed E-state index contributed by atoms with van der Waals surface area (Å²) in [6, 6.07) is 19.0. The van der Waals surface area contributed by atoms with E-state index in [1.807, 2.05) is 23.1 Å². The van der Waals surface area contributed by atoms with Crippen LogP contribution < -0.4 is 0 Å². The molecule has 1 aliphatic rings. The van der Waals surface area contributed by atoms with Gasteiger partial charge >= 0.3 is 0 Å². The van der Waals surface area contributed by atoms with E-state index in [4.69, 9.17) is 0 Å². The monoisotopic (exact) mass is 336 g/mol. The molecule has 3 nitrogen and oxygen atoms in total. The Bertz CT molecular complexity index is 690. The smallest absolute Gasteiger partial charge is 0.223 e. The second kappa shape index (κ2) is 8.30. The normalized spacial score (nSPS) is 16.6. The Labute approximate surface area is 151 Å². The number of aryl methyl sites for hydroxylation is 1. The molecule has 25 heavy (non-hydrogen) atoms. The number of piperazine rings is 1. The first-order valence-corrected chi connectivity index (χ1v) is 9.22. The Balaban J connectivity index is 1.47. The molecule has 1 fully saturated rings. The Morgan fingerprint density at radius 2 is 1.72 bits per heavy atom. The average Bonchev–Trinajstić information content (AvgIpc) is 2.63. The second-order valence-electron chi connectivity index (χ2n) is 7.16. The molecule has 0 radical (unpaired) electrons. The summed E-state index contributed by atoms with van der Waals surface area (Å²) in [5, 5.41) is 0. The van der Waals surface area contributed by atoms with E-state index in [2.05, 4.69) is 55.1 Å². The van der Waals surface area contributed by atoms with E-state index >= 15 is 0 Å². The zero-order chi connectivity index (χ0) is 17.6. The molecule has 0 spiro atoms. The van der Waals surface area contributed by atoms with Gasteiger partial charge in [0, 0.05) is 39.1 Å². The number of amides is 1. The van der Waals surface area contributed by atoms with Crippen LogP contribution >= 0.6 is 0 Å². The summed E-state index contributed by atoms with van der Waals surface area (Å²) in [6.07, 6.45) is 0.599. The zero-order valence-electron chi connectivity index (χ0n) is 15.3. The van der Waals surface area contributed by atoms with Crippen molar-refractivity contribution in [3.63, 3.8) is 0 Å². The molecular formula is C22H28N2O. The maximum absolute atomic E-state index is 12.6. The number of hydrogen-bond acceptors (Lipinski definition) is 2. The fourth-order valence-corrected chi connectivity index (χ4v) is 3.51. The Morgan fingerprint density at radius 1 is 1.00 bits per heavy atom. The second-order valence-corrected chi connectivity index (χ2v) is 7.16. The van der Waals surface area contributed by atoms with Crippen LogP contribution in [0.15, 0.2) is 54.6 Å². The van der Waals surface area contributed by atoms with Crippen LogP contribution in [-0.4, -0.2) is 41.9 Å². The molecule has 0 N–H and O–H groups in total. The van der Waals surface area contributed by atoms with Gasteiger partial charge < -0.3 is 4.90 Å². The predicted octanol–water partition coefficient (Wildman–Crippen LogP) is 3.83. The molecule has 0 aromatic heterocycles. The van der Waals surface area contributed by atoms with Crippen LogP contribution in [0.5, 0.6) is 0 Å². The van der Waals surface area contributed by atoms with Crippen molar-refractivity contribution in [2.45, 2.75) is 32.7 Å². The zero-order valence-corrected chi connectivity index (χ0v) is 15.3. The quantitative estimate of drug-likeness (QED) is 0.828.